The topological polar surface area (TPSA) is 40.5 Å². The largest absolute Gasteiger partial charge is 0.396 e. The van der Waals surface area contributed by atoms with Gasteiger partial charge in [0, 0.05) is 28.4 Å². The lowest BCUT2D eigenvalue weighted by atomic mass is 9.75. The van der Waals surface area contributed by atoms with E-state index in [-0.39, 0.29) is 18.6 Å². The van der Waals surface area contributed by atoms with Gasteiger partial charge in [-0.1, -0.05) is 43.2 Å². The van der Waals surface area contributed by atoms with Crippen molar-refractivity contribution in [3.8, 4) is 0 Å². The molecule has 2 heterocycles. The van der Waals surface area contributed by atoms with Gasteiger partial charge in [-0.3, -0.25) is 0 Å². The molecule has 2 aliphatic heterocycles. The minimum Gasteiger partial charge on any atom is -0.396 e. The van der Waals surface area contributed by atoms with Gasteiger partial charge in [-0.15, -0.1) is 0 Å². The highest BCUT2D eigenvalue weighted by Gasteiger charge is 2.36. The molecule has 0 aromatic heterocycles. The maximum absolute atomic E-state index is 9.71. The van der Waals surface area contributed by atoms with Gasteiger partial charge in [0.1, 0.15) is 0 Å². The van der Waals surface area contributed by atoms with Crippen LogP contribution < -0.4 is 0 Å². The number of rotatable bonds is 6. The second-order valence-electron chi connectivity index (χ2n) is 5.09. The van der Waals surface area contributed by atoms with Gasteiger partial charge in [0.25, 0.3) is 0 Å². The van der Waals surface area contributed by atoms with Crippen LogP contribution in [0.4, 0.5) is 0 Å². The molecule has 100 valence electrons. The monoisotopic (exact) mass is 312 g/mol. The molecule has 0 atom stereocenters. The molecule has 6 heteroatoms. The first-order valence-corrected chi connectivity index (χ1v) is 11.0. The Morgan fingerprint density at radius 1 is 0.765 bits per heavy atom. The molecule has 0 spiro atoms. The Morgan fingerprint density at radius 3 is 1.41 bits per heavy atom. The second kappa shape index (κ2) is 7.20. The minimum atomic E-state index is -0.230. The maximum atomic E-state index is 9.71. The summed E-state index contributed by atoms with van der Waals surface area (Å²) in [5, 5.41) is 19.4. The Balaban J connectivity index is 1.91. The summed E-state index contributed by atoms with van der Waals surface area (Å²) in [5.74, 6) is 6.07. The molecule has 0 radical (unpaired) electrons. The fourth-order valence-corrected chi connectivity index (χ4v) is 8.39. The second-order valence-corrected chi connectivity index (χ2v) is 10.2. The molecule has 2 nitrogen and oxygen atoms in total. The van der Waals surface area contributed by atoms with Gasteiger partial charge in [-0.25, -0.2) is 0 Å². The zero-order chi connectivity index (χ0) is 12.1. The summed E-state index contributed by atoms with van der Waals surface area (Å²) < 4.78 is 0. The van der Waals surface area contributed by atoms with Crippen molar-refractivity contribution in [1.29, 1.82) is 0 Å². The first-order chi connectivity index (χ1) is 8.28. The van der Waals surface area contributed by atoms with Gasteiger partial charge in [-0.05, 0) is 24.7 Å². The lowest BCUT2D eigenvalue weighted by Gasteiger charge is -2.34. The molecule has 2 fully saturated rings. The normalized spacial score (nSPS) is 23.6. The molecule has 0 aromatic carbocycles. The van der Waals surface area contributed by atoms with E-state index < -0.39 is 0 Å². The van der Waals surface area contributed by atoms with Gasteiger partial charge >= 0.3 is 0 Å². The molecule has 0 bridgehead atoms. The van der Waals surface area contributed by atoms with Gasteiger partial charge in [-0.2, -0.15) is 0 Å². The first kappa shape index (κ1) is 14.7. The summed E-state index contributed by atoms with van der Waals surface area (Å²) in [6, 6.07) is 0. The smallest absolute Gasteiger partial charge is 0.0509 e. The SMILES string of the molecule is OCC(CO)(CC1CSSC1)CC1CSSC1. The fourth-order valence-electron chi connectivity index (χ4n) is 2.53. The zero-order valence-electron chi connectivity index (χ0n) is 9.84. The number of hydrogen-bond acceptors (Lipinski definition) is 6. The summed E-state index contributed by atoms with van der Waals surface area (Å²) in [7, 11) is 7.73. The quantitative estimate of drug-likeness (QED) is 0.735. The van der Waals surface area contributed by atoms with E-state index in [0.717, 1.165) is 12.8 Å². The summed E-state index contributed by atoms with van der Waals surface area (Å²) in [5.41, 5.74) is -0.230. The molecule has 0 unspecified atom stereocenters. The van der Waals surface area contributed by atoms with E-state index in [1.807, 2.05) is 43.2 Å². The zero-order valence-corrected chi connectivity index (χ0v) is 13.1. The summed E-state index contributed by atoms with van der Waals surface area (Å²) in [6.45, 7) is 0.280. The molecular weight excluding hydrogens is 292 g/mol. The van der Waals surface area contributed by atoms with E-state index in [1.54, 1.807) is 0 Å². The predicted octanol–water partition coefficient (Wildman–Crippen LogP) is 2.76. The number of aliphatic hydroxyl groups excluding tert-OH is 2. The molecule has 0 amide bonds. The van der Waals surface area contributed by atoms with Gasteiger partial charge in [0.15, 0.2) is 0 Å². The molecule has 0 aromatic rings. The maximum Gasteiger partial charge on any atom is 0.0509 e. The van der Waals surface area contributed by atoms with Gasteiger partial charge < -0.3 is 10.2 Å². The van der Waals surface area contributed by atoms with Gasteiger partial charge in [0.05, 0.1) is 13.2 Å². The Kier molecular flexibility index (Phi) is 6.23. The lowest BCUT2D eigenvalue weighted by molar-refractivity contribution is 0.0219. The number of hydrogen-bond donors (Lipinski definition) is 2. The summed E-state index contributed by atoms with van der Waals surface area (Å²) in [4.78, 5) is 0. The van der Waals surface area contributed by atoms with Crippen molar-refractivity contribution in [3.63, 3.8) is 0 Å². The molecular formula is C11H20O2S4. The standard InChI is InChI=1S/C11H20O2S4/c12-7-11(8-13,1-9-3-14-15-4-9)2-10-5-16-17-6-10/h9-10,12-13H,1-8H2. The first-order valence-electron chi connectivity index (χ1n) is 5.98. The van der Waals surface area contributed by atoms with E-state index in [9.17, 15) is 10.2 Å². The van der Waals surface area contributed by atoms with E-state index in [4.69, 9.17) is 0 Å². The average Bonchev–Trinajstić information content (AvgIpc) is 3.01. The van der Waals surface area contributed by atoms with Crippen molar-refractivity contribution in [2.24, 2.45) is 17.3 Å². The minimum absolute atomic E-state index is 0.140. The number of aliphatic hydroxyl groups is 2. The van der Waals surface area contributed by atoms with Crippen LogP contribution in [0.25, 0.3) is 0 Å². The summed E-state index contributed by atoms with van der Waals surface area (Å²) >= 11 is 0. The van der Waals surface area contributed by atoms with Crippen molar-refractivity contribution in [1.82, 2.24) is 0 Å². The van der Waals surface area contributed by atoms with Crippen LogP contribution in [0.2, 0.25) is 0 Å². The highest BCUT2D eigenvalue weighted by Crippen LogP contribution is 2.45. The van der Waals surface area contributed by atoms with Crippen LogP contribution in [-0.2, 0) is 0 Å². The highest BCUT2D eigenvalue weighted by molar-refractivity contribution is 8.77. The molecule has 0 aliphatic carbocycles. The van der Waals surface area contributed by atoms with Crippen molar-refractivity contribution < 1.29 is 10.2 Å². The van der Waals surface area contributed by atoms with E-state index in [2.05, 4.69) is 0 Å². The lowest BCUT2D eigenvalue weighted by Crippen LogP contribution is -2.35. The predicted molar refractivity (Wildman–Crippen MR) is 82.7 cm³/mol. The Morgan fingerprint density at radius 2 is 1.12 bits per heavy atom. The van der Waals surface area contributed by atoms with Crippen LogP contribution in [0.5, 0.6) is 0 Å². The van der Waals surface area contributed by atoms with Crippen molar-refractivity contribution in [3.05, 3.63) is 0 Å². The van der Waals surface area contributed by atoms with E-state index >= 15 is 0 Å². The van der Waals surface area contributed by atoms with Crippen LogP contribution in [0.1, 0.15) is 12.8 Å². The van der Waals surface area contributed by atoms with Crippen molar-refractivity contribution >= 4 is 43.2 Å². The Hall–Kier alpha value is 1.32. The Labute approximate surface area is 119 Å². The molecule has 2 aliphatic rings. The third-order valence-electron chi connectivity index (χ3n) is 3.50. The third-order valence-corrected chi connectivity index (χ3v) is 8.89. The van der Waals surface area contributed by atoms with Crippen LogP contribution in [-0.4, -0.2) is 46.4 Å². The van der Waals surface area contributed by atoms with Crippen molar-refractivity contribution in [2.75, 3.05) is 36.2 Å². The van der Waals surface area contributed by atoms with Crippen LogP contribution in [0.3, 0.4) is 0 Å². The third kappa shape index (κ3) is 4.14. The van der Waals surface area contributed by atoms with Crippen LogP contribution in [0.15, 0.2) is 0 Å². The van der Waals surface area contributed by atoms with E-state index in [1.165, 1.54) is 23.0 Å². The van der Waals surface area contributed by atoms with Crippen LogP contribution >= 0.6 is 43.2 Å². The highest BCUT2D eigenvalue weighted by atomic mass is 33.1. The van der Waals surface area contributed by atoms with Crippen molar-refractivity contribution in [2.45, 2.75) is 12.8 Å². The molecule has 2 rings (SSSR count). The summed E-state index contributed by atoms with van der Waals surface area (Å²) in [6.07, 6.45) is 1.98. The molecule has 2 saturated heterocycles. The van der Waals surface area contributed by atoms with Crippen LogP contribution in [0, 0.1) is 17.3 Å². The molecule has 0 saturated carbocycles. The van der Waals surface area contributed by atoms with E-state index in [0.29, 0.717) is 11.8 Å². The fraction of sp³-hybridized carbons (Fsp3) is 1.00. The Bertz CT molecular complexity index is 204. The molecule has 2 N–H and O–H groups in total. The van der Waals surface area contributed by atoms with Gasteiger partial charge in [0.2, 0.25) is 0 Å². The molecule has 17 heavy (non-hydrogen) atoms. The average molecular weight is 313 g/mol.